The Labute approximate surface area is 158 Å². The van der Waals surface area contributed by atoms with Crippen molar-refractivity contribution in [2.75, 3.05) is 32.8 Å². The Balaban J connectivity index is 0.00000264. The largest absolute Gasteiger partial charge is 0.374 e. The standard InChI is InChI=1S/C17H34N4O.HI/c1-14(2)12-21-9-10-22-16(13-21)11-19-17(18)20-15-7-5-3-4-6-8-15;/h14-16H,3-13H2,1-2H3,(H3,18,19,20);1H. The Kier molecular flexibility index (Phi) is 10.5. The molecule has 0 aromatic rings. The number of hydrogen-bond acceptors (Lipinski definition) is 3. The molecule has 0 bridgehead atoms. The van der Waals surface area contributed by atoms with Crippen LogP contribution in [0.15, 0.2) is 4.99 Å². The van der Waals surface area contributed by atoms with Gasteiger partial charge >= 0.3 is 0 Å². The zero-order valence-electron chi connectivity index (χ0n) is 14.8. The summed E-state index contributed by atoms with van der Waals surface area (Å²) in [7, 11) is 0. The summed E-state index contributed by atoms with van der Waals surface area (Å²) in [5.41, 5.74) is 6.06. The lowest BCUT2D eigenvalue weighted by atomic mass is 10.1. The molecule has 1 saturated carbocycles. The van der Waals surface area contributed by atoms with Crippen LogP contribution in [0.1, 0.15) is 52.4 Å². The molecule has 2 fully saturated rings. The fraction of sp³-hybridized carbons (Fsp3) is 0.941. The smallest absolute Gasteiger partial charge is 0.188 e. The van der Waals surface area contributed by atoms with Crippen molar-refractivity contribution >= 4 is 29.9 Å². The molecule has 0 aromatic carbocycles. The quantitative estimate of drug-likeness (QED) is 0.300. The van der Waals surface area contributed by atoms with Crippen LogP contribution in [-0.4, -0.2) is 55.8 Å². The van der Waals surface area contributed by atoms with Crippen LogP contribution in [-0.2, 0) is 4.74 Å². The van der Waals surface area contributed by atoms with Crippen molar-refractivity contribution in [2.45, 2.75) is 64.5 Å². The fourth-order valence-corrected chi connectivity index (χ4v) is 3.45. The van der Waals surface area contributed by atoms with Gasteiger partial charge in [-0.05, 0) is 18.8 Å². The molecule has 1 aliphatic carbocycles. The van der Waals surface area contributed by atoms with Gasteiger partial charge in [-0.15, -0.1) is 24.0 Å². The third-order valence-electron chi connectivity index (χ3n) is 4.52. The average molecular weight is 438 g/mol. The molecule has 1 saturated heterocycles. The highest BCUT2D eigenvalue weighted by Crippen LogP contribution is 2.17. The van der Waals surface area contributed by atoms with E-state index < -0.39 is 0 Å². The van der Waals surface area contributed by atoms with Gasteiger partial charge in [-0.1, -0.05) is 39.5 Å². The molecule has 6 heteroatoms. The fourth-order valence-electron chi connectivity index (χ4n) is 3.45. The van der Waals surface area contributed by atoms with E-state index in [2.05, 4.69) is 29.1 Å². The zero-order chi connectivity index (χ0) is 15.8. The number of aliphatic imine (C=N–C) groups is 1. The molecule has 0 amide bonds. The molecule has 23 heavy (non-hydrogen) atoms. The van der Waals surface area contributed by atoms with E-state index in [0.717, 1.165) is 26.2 Å². The number of nitrogens with one attached hydrogen (secondary N) is 1. The van der Waals surface area contributed by atoms with Crippen LogP contribution in [0.2, 0.25) is 0 Å². The first-order valence-electron chi connectivity index (χ1n) is 9.04. The van der Waals surface area contributed by atoms with Gasteiger partial charge in [-0.2, -0.15) is 0 Å². The van der Waals surface area contributed by atoms with Crippen LogP contribution < -0.4 is 11.1 Å². The highest BCUT2D eigenvalue weighted by molar-refractivity contribution is 14.0. The van der Waals surface area contributed by atoms with Gasteiger partial charge in [-0.3, -0.25) is 9.89 Å². The Morgan fingerprint density at radius 2 is 1.96 bits per heavy atom. The summed E-state index contributed by atoms with van der Waals surface area (Å²) < 4.78 is 5.82. The molecule has 1 unspecified atom stereocenters. The third-order valence-corrected chi connectivity index (χ3v) is 4.52. The molecule has 0 radical (unpaired) electrons. The van der Waals surface area contributed by atoms with Crippen molar-refractivity contribution in [3.63, 3.8) is 0 Å². The van der Waals surface area contributed by atoms with E-state index in [0.29, 0.717) is 24.5 Å². The van der Waals surface area contributed by atoms with Gasteiger partial charge in [0.2, 0.25) is 0 Å². The molecular weight excluding hydrogens is 403 g/mol. The lowest BCUT2D eigenvalue weighted by Gasteiger charge is -2.33. The van der Waals surface area contributed by atoms with Crippen LogP contribution in [0, 0.1) is 5.92 Å². The van der Waals surface area contributed by atoms with Crippen molar-refractivity contribution in [3.8, 4) is 0 Å². The maximum atomic E-state index is 6.06. The molecule has 136 valence electrons. The topological polar surface area (TPSA) is 62.9 Å². The van der Waals surface area contributed by atoms with Crippen molar-refractivity contribution in [2.24, 2.45) is 16.6 Å². The van der Waals surface area contributed by atoms with Gasteiger partial charge in [0.05, 0.1) is 19.3 Å². The minimum Gasteiger partial charge on any atom is -0.374 e. The van der Waals surface area contributed by atoms with Crippen LogP contribution in [0.3, 0.4) is 0 Å². The minimum atomic E-state index is 0. The Morgan fingerprint density at radius 1 is 1.26 bits per heavy atom. The summed E-state index contributed by atoms with van der Waals surface area (Å²) in [6.45, 7) is 9.14. The number of nitrogens with two attached hydrogens (primary N) is 1. The van der Waals surface area contributed by atoms with Crippen molar-refractivity contribution in [1.29, 1.82) is 0 Å². The van der Waals surface area contributed by atoms with Crippen LogP contribution in [0.25, 0.3) is 0 Å². The minimum absolute atomic E-state index is 0. The highest BCUT2D eigenvalue weighted by Gasteiger charge is 2.21. The summed E-state index contributed by atoms with van der Waals surface area (Å²) in [6, 6.07) is 0.510. The zero-order valence-corrected chi connectivity index (χ0v) is 17.1. The first kappa shape index (κ1) is 21.0. The molecule has 1 heterocycles. The van der Waals surface area contributed by atoms with Gasteiger partial charge in [0.1, 0.15) is 0 Å². The Morgan fingerprint density at radius 3 is 2.61 bits per heavy atom. The van der Waals surface area contributed by atoms with Gasteiger partial charge in [0.15, 0.2) is 5.96 Å². The molecule has 2 aliphatic rings. The second-order valence-electron chi connectivity index (χ2n) is 7.20. The molecule has 0 spiro atoms. The number of morpholine rings is 1. The number of halogens is 1. The number of nitrogens with zero attached hydrogens (tertiary/aromatic N) is 2. The number of rotatable bonds is 5. The van der Waals surface area contributed by atoms with Crippen LogP contribution in [0.5, 0.6) is 0 Å². The summed E-state index contributed by atoms with van der Waals surface area (Å²) in [4.78, 5) is 6.99. The summed E-state index contributed by atoms with van der Waals surface area (Å²) in [5.74, 6) is 1.29. The van der Waals surface area contributed by atoms with Crippen molar-refractivity contribution < 1.29 is 4.74 Å². The van der Waals surface area contributed by atoms with Gasteiger partial charge in [0, 0.05) is 25.7 Å². The second kappa shape index (κ2) is 11.5. The lowest BCUT2D eigenvalue weighted by molar-refractivity contribution is -0.0261. The molecule has 2 rings (SSSR count). The summed E-state index contributed by atoms with van der Waals surface area (Å²) in [6.07, 6.45) is 7.95. The van der Waals surface area contributed by atoms with E-state index in [9.17, 15) is 0 Å². The SMILES string of the molecule is CC(C)CN1CCOC(CN=C(N)NC2CCCCCC2)C1.I. The molecular formula is C17H35IN4O. The maximum Gasteiger partial charge on any atom is 0.188 e. The molecule has 1 aliphatic heterocycles. The predicted octanol–water partition coefficient (Wildman–Crippen LogP) is 2.59. The van der Waals surface area contributed by atoms with E-state index >= 15 is 0 Å². The highest BCUT2D eigenvalue weighted by atomic mass is 127. The van der Waals surface area contributed by atoms with Crippen LogP contribution in [0.4, 0.5) is 0 Å². The Bertz CT molecular complexity index is 343. The summed E-state index contributed by atoms with van der Waals surface area (Å²) in [5, 5.41) is 3.40. The van der Waals surface area contributed by atoms with Gasteiger partial charge < -0.3 is 15.8 Å². The molecule has 1 atom stereocenters. The Hall–Kier alpha value is -0.0800. The summed E-state index contributed by atoms with van der Waals surface area (Å²) >= 11 is 0. The lowest BCUT2D eigenvalue weighted by Crippen LogP contribution is -2.46. The van der Waals surface area contributed by atoms with Gasteiger partial charge in [-0.25, -0.2) is 0 Å². The molecule has 3 N–H and O–H groups in total. The normalized spacial score (nSPS) is 25.0. The first-order chi connectivity index (χ1) is 10.6. The van der Waals surface area contributed by atoms with E-state index in [1.54, 1.807) is 0 Å². The number of ether oxygens (including phenoxy) is 1. The van der Waals surface area contributed by atoms with Gasteiger partial charge in [0.25, 0.3) is 0 Å². The number of guanidine groups is 1. The van der Waals surface area contributed by atoms with E-state index in [1.165, 1.54) is 38.5 Å². The molecule has 0 aromatic heterocycles. The van der Waals surface area contributed by atoms with Crippen molar-refractivity contribution in [1.82, 2.24) is 10.2 Å². The third kappa shape index (κ3) is 8.54. The molecule has 5 nitrogen and oxygen atoms in total. The first-order valence-corrected chi connectivity index (χ1v) is 9.04. The maximum absolute atomic E-state index is 6.06. The second-order valence-corrected chi connectivity index (χ2v) is 7.20. The number of hydrogen-bond donors (Lipinski definition) is 2. The van der Waals surface area contributed by atoms with E-state index in [-0.39, 0.29) is 30.1 Å². The van der Waals surface area contributed by atoms with Crippen molar-refractivity contribution in [3.05, 3.63) is 0 Å². The van der Waals surface area contributed by atoms with Crippen LogP contribution >= 0.6 is 24.0 Å². The monoisotopic (exact) mass is 438 g/mol. The average Bonchev–Trinajstić information content (AvgIpc) is 2.73. The van der Waals surface area contributed by atoms with E-state index in [1.807, 2.05) is 0 Å². The van der Waals surface area contributed by atoms with E-state index in [4.69, 9.17) is 10.5 Å². The predicted molar refractivity (Wildman–Crippen MR) is 108 cm³/mol.